The molecule has 0 aliphatic carbocycles. The minimum Gasteiger partial charge on any atom is -0.342 e. The van der Waals surface area contributed by atoms with E-state index in [9.17, 15) is 13.6 Å². The van der Waals surface area contributed by atoms with E-state index >= 15 is 0 Å². The summed E-state index contributed by atoms with van der Waals surface area (Å²) in [4.78, 5) is 13.8. The maximum Gasteiger partial charge on any atom is 0.226 e. The summed E-state index contributed by atoms with van der Waals surface area (Å²) in [7, 11) is 0. The number of carbonyl (C=O) groups excluding carboxylic acids is 1. The summed E-state index contributed by atoms with van der Waals surface area (Å²) in [6, 6.07) is 3.55. The molecule has 0 unspecified atom stereocenters. The second-order valence-electron chi connectivity index (χ2n) is 4.45. The lowest BCUT2D eigenvalue weighted by molar-refractivity contribution is -0.130. The maximum absolute atomic E-state index is 13.1. The van der Waals surface area contributed by atoms with E-state index in [1.807, 2.05) is 6.92 Å². The normalized spacial score (nSPS) is 10.5. The van der Waals surface area contributed by atoms with Crippen LogP contribution in [0.5, 0.6) is 0 Å². The molecule has 19 heavy (non-hydrogen) atoms. The molecule has 0 heterocycles. The van der Waals surface area contributed by atoms with Crippen molar-refractivity contribution >= 4 is 5.91 Å². The first-order valence-electron chi connectivity index (χ1n) is 6.50. The Kier molecular flexibility index (Phi) is 6.42. The fraction of sp³-hybridized carbons (Fsp3) is 0.500. The highest BCUT2D eigenvalue weighted by molar-refractivity contribution is 5.78. The van der Waals surface area contributed by atoms with Crippen molar-refractivity contribution in [3.8, 4) is 0 Å². The van der Waals surface area contributed by atoms with Crippen LogP contribution in [0, 0.1) is 11.6 Å². The molecule has 0 aliphatic heterocycles. The number of carbonyl (C=O) groups is 1. The van der Waals surface area contributed by atoms with Gasteiger partial charge in [-0.15, -0.1) is 0 Å². The van der Waals surface area contributed by atoms with Crippen LogP contribution >= 0.6 is 0 Å². The quantitative estimate of drug-likeness (QED) is 0.824. The highest BCUT2D eigenvalue weighted by Gasteiger charge is 2.13. The zero-order valence-electron chi connectivity index (χ0n) is 11.2. The van der Waals surface area contributed by atoms with Gasteiger partial charge in [0.05, 0.1) is 6.42 Å². The number of hydrogen-bond acceptors (Lipinski definition) is 2. The Morgan fingerprint density at radius 2 is 2.00 bits per heavy atom. The standard InChI is InChI=1S/C14H20F2N2O/c1-2-7-18(8-3-6-17)14(19)10-11-4-5-12(15)13(16)9-11/h4-5,9H,2-3,6-8,10,17H2,1H3. The monoisotopic (exact) mass is 270 g/mol. The zero-order chi connectivity index (χ0) is 14.3. The van der Waals surface area contributed by atoms with Gasteiger partial charge in [-0.25, -0.2) is 8.78 Å². The van der Waals surface area contributed by atoms with E-state index in [0.29, 0.717) is 25.2 Å². The minimum absolute atomic E-state index is 0.0821. The molecule has 0 aliphatic rings. The van der Waals surface area contributed by atoms with Gasteiger partial charge in [0, 0.05) is 13.1 Å². The van der Waals surface area contributed by atoms with Crippen LogP contribution in [0.25, 0.3) is 0 Å². The molecule has 0 fully saturated rings. The van der Waals surface area contributed by atoms with Gasteiger partial charge >= 0.3 is 0 Å². The fourth-order valence-electron chi connectivity index (χ4n) is 1.85. The molecular formula is C14H20F2N2O. The number of nitrogens with two attached hydrogens (primary N) is 1. The van der Waals surface area contributed by atoms with Gasteiger partial charge < -0.3 is 10.6 Å². The van der Waals surface area contributed by atoms with Crippen LogP contribution in [0.1, 0.15) is 25.3 Å². The summed E-state index contributed by atoms with van der Waals surface area (Å²) >= 11 is 0. The Labute approximate surface area is 112 Å². The first-order valence-corrected chi connectivity index (χ1v) is 6.50. The van der Waals surface area contributed by atoms with E-state index in [1.54, 1.807) is 4.90 Å². The van der Waals surface area contributed by atoms with Crippen molar-refractivity contribution in [1.29, 1.82) is 0 Å². The molecule has 106 valence electrons. The predicted octanol–water partition coefficient (Wildman–Crippen LogP) is 2.09. The number of halogens is 2. The molecule has 2 N–H and O–H groups in total. The van der Waals surface area contributed by atoms with Crippen LogP contribution < -0.4 is 5.73 Å². The first kappa shape index (κ1) is 15.6. The molecule has 0 atom stereocenters. The highest BCUT2D eigenvalue weighted by atomic mass is 19.2. The highest BCUT2D eigenvalue weighted by Crippen LogP contribution is 2.10. The Hall–Kier alpha value is -1.49. The van der Waals surface area contributed by atoms with Gasteiger partial charge in [-0.05, 0) is 37.1 Å². The smallest absolute Gasteiger partial charge is 0.226 e. The van der Waals surface area contributed by atoms with Crippen LogP contribution in [-0.2, 0) is 11.2 Å². The van der Waals surface area contributed by atoms with Gasteiger partial charge in [0.15, 0.2) is 11.6 Å². The first-order chi connectivity index (χ1) is 9.08. The van der Waals surface area contributed by atoms with E-state index in [-0.39, 0.29) is 12.3 Å². The van der Waals surface area contributed by atoms with Crippen molar-refractivity contribution in [3.05, 3.63) is 35.4 Å². The molecule has 1 amide bonds. The molecule has 0 radical (unpaired) electrons. The molecule has 0 bridgehead atoms. The number of rotatable bonds is 7. The summed E-state index contributed by atoms with van der Waals surface area (Å²) in [5, 5.41) is 0. The van der Waals surface area contributed by atoms with Crippen molar-refractivity contribution in [2.75, 3.05) is 19.6 Å². The van der Waals surface area contributed by atoms with Crippen LogP contribution in [0.4, 0.5) is 8.78 Å². The third-order valence-corrected chi connectivity index (χ3v) is 2.82. The average molecular weight is 270 g/mol. The topological polar surface area (TPSA) is 46.3 Å². The van der Waals surface area contributed by atoms with Crippen molar-refractivity contribution < 1.29 is 13.6 Å². The molecule has 1 aromatic carbocycles. The zero-order valence-corrected chi connectivity index (χ0v) is 11.2. The van der Waals surface area contributed by atoms with Gasteiger partial charge in [0.1, 0.15) is 0 Å². The molecule has 0 saturated heterocycles. The van der Waals surface area contributed by atoms with Gasteiger partial charge in [0.25, 0.3) is 0 Å². The van der Waals surface area contributed by atoms with Gasteiger partial charge in [-0.3, -0.25) is 4.79 Å². The molecule has 0 spiro atoms. The molecule has 5 heteroatoms. The van der Waals surface area contributed by atoms with Crippen molar-refractivity contribution in [2.24, 2.45) is 5.73 Å². The Morgan fingerprint density at radius 1 is 1.26 bits per heavy atom. The van der Waals surface area contributed by atoms with E-state index in [2.05, 4.69) is 0 Å². The van der Waals surface area contributed by atoms with Crippen molar-refractivity contribution in [3.63, 3.8) is 0 Å². The number of benzene rings is 1. The Morgan fingerprint density at radius 3 is 2.58 bits per heavy atom. The van der Waals surface area contributed by atoms with E-state index in [4.69, 9.17) is 5.73 Å². The summed E-state index contributed by atoms with van der Waals surface area (Å²) in [5.74, 6) is -1.90. The summed E-state index contributed by atoms with van der Waals surface area (Å²) in [6.45, 7) is 3.77. The second-order valence-corrected chi connectivity index (χ2v) is 4.45. The SMILES string of the molecule is CCCN(CCCN)C(=O)Cc1ccc(F)c(F)c1. The Bertz CT molecular complexity index is 424. The summed E-state index contributed by atoms with van der Waals surface area (Å²) < 4.78 is 25.9. The summed E-state index contributed by atoms with van der Waals surface area (Å²) in [5.41, 5.74) is 5.92. The minimum atomic E-state index is -0.922. The molecule has 1 rings (SSSR count). The van der Waals surface area contributed by atoms with Crippen molar-refractivity contribution in [2.45, 2.75) is 26.2 Å². The molecular weight excluding hydrogens is 250 g/mol. The third kappa shape index (κ3) is 4.95. The summed E-state index contributed by atoms with van der Waals surface area (Å²) in [6.07, 6.45) is 1.68. The Balaban J connectivity index is 2.66. The molecule has 0 aromatic heterocycles. The van der Waals surface area contributed by atoms with Crippen LogP contribution in [0.15, 0.2) is 18.2 Å². The number of hydrogen-bond donors (Lipinski definition) is 1. The molecule has 0 saturated carbocycles. The van der Waals surface area contributed by atoms with E-state index < -0.39 is 11.6 Å². The second kappa shape index (κ2) is 7.84. The van der Waals surface area contributed by atoms with Crippen LogP contribution in [0.2, 0.25) is 0 Å². The van der Waals surface area contributed by atoms with E-state index in [0.717, 1.165) is 25.0 Å². The van der Waals surface area contributed by atoms with Crippen molar-refractivity contribution in [1.82, 2.24) is 4.90 Å². The van der Waals surface area contributed by atoms with Gasteiger partial charge in [-0.1, -0.05) is 13.0 Å². The molecule has 1 aromatic rings. The lowest BCUT2D eigenvalue weighted by atomic mass is 10.1. The lowest BCUT2D eigenvalue weighted by Gasteiger charge is -2.22. The third-order valence-electron chi connectivity index (χ3n) is 2.82. The molecule has 3 nitrogen and oxygen atoms in total. The van der Waals surface area contributed by atoms with Gasteiger partial charge in [-0.2, -0.15) is 0 Å². The lowest BCUT2D eigenvalue weighted by Crippen LogP contribution is -2.34. The maximum atomic E-state index is 13.1. The number of amides is 1. The van der Waals surface area contributed by atoms with E-state index in [1.165, 1.54) is 6.07 Å². The fourth-order valence-corrected chi connectivity index (χ4v) is 1.85. The predicted molar refractivity (Wildman–Crippen MR) is 70.6 cm³/mol. The van der Waals surface area contributed by atoms with Crippen LogP contribution in [-0.4, -0.2) is 30.4 Å². The van der Waals surface area contributed by atoms with Gasteiger partial charge in [0.2, 0.25) is 5.91 Å². The van der Waals surface area contributed by atoms with Crippen LogP contribution in [0.3, 0.4) is 0 Å². The number of nitrogens with zero attached hydrogens (tertiary/aromatic N) is 1. The largest absolute Gasteiger partial charge is 0.342 e. The average Bonchev–Trinajstić information content (AvgIpc) is 2.38.